The molecule has 0 amide bonds. The molecule has 4 rings (SSSR count). The van der Waals surface area contributed by atoms with E-state index in [-0.39, 0.29) is 16.7 Å². The van der Waals surface area contributed by atoms with E-state index in [1.54, 1.807) is 6.07 Å². The van der Waals surface area contributed by atoms with Crippen LogP contribution in [0.1, 0.15) is 6.42 Å². The molecule has 0 N–H and O–H groups in total. The number of nitrogens with zero attached hydrogens (tertiary/aromatic N) is 5. The Bertz CT molecular complexity index is 1010. The number of aromatic nitrogens is 4. The van der Waals surface area contributed by atoms with Crippen LogP contribution in [-0.2, 0) is 0 Å². The second kappa shape index (κ2) is 6.45. The second-order valence-corrected chi connectivity index (χ2v) is 6.28. The van der Waals surface area contributed by atoms with Crippen LogP contribution in [0.2, 0.25) is 5.15 Å². The van der Waals surface area contributed by atoms with E-state index in [0.29, 0.717) is 29.3 Å². The third-order valence-electron chi connectivity index (χ3n) is 4.03. The fraction of sp³-hybridized carbons (Fsp3) is 0.312. The topological polar surface area (TPSA) is 64.8 Å². The molecule has 3 heterocycles. The van der Waals surface area contributed by atoms with Gasteiger partial charge in [0, 0.05) is 19.2 Å². The van der Waals surface area contributed by atoms with Gasteiger partial charge in [-0.15, -0.1) is 28.5 Å². The van der Waals surface area contributed by atoms with Crippen LogP contribution in [0.25, 0.3) is 17.0 Å². The van der Waals surface area contributed by atoms with E-state index in [1.807, 2.05) is 11.9 Å². The van der Waals surface area contributed by atoms with Gasteiger partial charge in [-0.2, -0.15) is 4.52 Å². The number of fused-ring (bicyclic) bond motifs is 3. The summed E-state index contributed by atoms with van der Waals surface area (Å²) in [6.07, 6.45) is -3.99. The number of ether oxygens (including phenoxy) is 2. The van der Waals surface area contributed by atoms with Crippen molar-refractivity contribution < 1.29 is 22.6 Å². The Hall–Kier alpha value is -2.75. The minimum absolute atomic E-state index is 0.120. The summed E-state index contributed by atoms with van der Waals surface area (Å²) < 4.78 is 48.5. The molecule has 0 spiro atoms. The van der Waals surface area contributed by atoms with E-state index in [0.717, 1.165) is 13.0 Å². The third kappa shape index (κ3) is 3.32. The first-order chi connectivity index (χ1) is 12.8. The van der Waals surface area contributed by atoms with Gasteiger partial charge < -0.3 is 14.4 Å². The minimum atomic E-state index is -4.79. The van der Waals surface area contributed by atoms with Crippen molar-refractivity contribution in [2.24, 2.45) is 0 Å². The molecule has 142 valence electrons. The van der Waals surface area contributed by atoms with Crippen LogP contribution < -0.4 is 14.4 Å². The number of rotatable bonds is 2. The first-order valence-electron chi connectivity index (χ1n) is 7.98. The van der Waals surface area contributed by atoms with Crippen molar-refractivity contribution in [2.45, 2.75) is 12.8 Å². The number of anilines is 1. The standard InChI is InChI=1S/C16H13ClF3N5O2/c1-24-6-3-7-26-12-11(24)15-22-21-14(25(15)23-13(12)17)9-4-2-5-10(8-9)27-16(18,19)20/h2,4-5,8H,3,6-7H2,1H3. The van der Waals surface area contributed by atoms with Crippen molar-refractivity contribution >= 4 is 22.9 Å². The van der Waals surface area contributed by atoms with Crippen molar-refractivity contribution in [1.82, 2.24) is 19.8 Å². The van der Waals surface area contributed by atoms with Crippen molar-refractivity contribution in [3.8, 4) is 22.9 Å². The molecule has 1 aromatic carbocycles. The van der Waals surface area contributed by atoms with Crippen molar-refractivity contribution in [3.05, 3.63) is 29.4 Å². The third-order valence-corrected chi connectivity index (χ3v) is 4.28. The van der Waals surface area contributed by atoms with Crippen LogP contribution >= 0.6 is 11.6 Å². The van der Waals surface area contributed by atoms with Gasteiger partial charge in [-0.3, -0.25) is 0 Å². The lowest BCUT2D eigenvalue weighted by Crippen LogP contribution is -2.18. The van der Waals surface area contributed by atoms with Gasteiger partial charge in [-0.25, -0.2) is 0 Å². The number of halogens is 4. The van der Waals surface area contributed by atoms with Crippen LogP contribution in [0, 0.1) is 0 Å². The zero-order valence-corrected chi connectivity index (χ0v) is 14.8. The monoisotopic (exact) mass is 399 g/mol. The summed E-state index contributed by atoms with van der Waals surface area (Å²) in [5.74, 6) is 0.287. The maximum atomic E-state index is 12.5. The Morgan fingerprint density at radius 3 is 2.85 bits per heavy atom. The average molecular weight is 400 g/mol. The summed E-state index contributed by atoms with van der Waals surface area (Å²) in [4.78, 5) is 1.94. The number of hydrogen-bond donors (Lipinski definition) is 0. The van der Waals surface area contributed by atoms with Crippen LogP contribution in [0.15, 0.2) is 24.3 Å². The summed E-state index contributed by atoms with van der Waals surface area (Å²) in [5.41, 5.74) is 1.38. The summed E-state index contributed by atoms with van der Waals surface area (Å²) in [5, 5.41) is 12.6. The maximum absolute atomic E-state index is 12.5. The zero-order valence-electron chi connectivity index (χ0n) is 14.0. The largest absolute Gasteiger partial charge is 0.573 e. The summed E-state index contributed by atoms with van der Waals surface area (Å²) in [6, 6.07) is 5.43. The molecular weight excluding hydrogens is 387 g/mol. The van der Waals surface area contributed by atoms with E-state index in [4.69, 9.17) is 16.3 Å². The van der Waals surface area contributed by atoms with Gasteiger partial charge in [0.25, 0.3) is 0 Å². The SMILES string of the molecule is CN1CCCOc2c(Cl)nn3c(-c4cccc(OC(F)(F)F)c4)nnc3c21. The normalized spacial score (nSPS) is 14.6. The molecule has 0 bridgehead atoms. The van der Waals surface area contributed by atoms with Crippen LogP contribution in [0.5, 0.6) is 11.5 Å². The molecule has 7 nitrogen and oxygen atoms in total. The summed E-state index contributed by atoms with van der Waals surface area (Å²) in [7, 11) is 1.87. The Kier molecular flexibility index (Phi) is 4.22. The Balaban J connectivity index is 1.85. The van der Waals surface area contributed by atoms with Gasteiger partial charge >= 0.3 is 6.36 Å². The Morgan fingerprint density at radius 2 is 2.07 bits per heavy atom. The van der Waals surface area contributed by atoms with Crippen LogP contribution in [0.3, 0.4) is 0 Å². The van der Waals surface area contributed by atoms with E-state index in [9.17, 15) is 13.2 Å². The highest BCUT2D eigenvalue weighted by Crippen LogP contribution is 2.39. The fourth-order valence-corrected chi connectivity index (χ4v) is 3.15. The molecule has 3 aromatic rings. The fourth-order valence-electron chi connectivity index (χ4n) is 2.93. The molecule has 1 aliphatic heterocycles. The molecule has 11 heteroatoms. The van der Waals surface area contributed by atoms with Crippen molar-refractivity contribution in [3.63, 3.8) is 0 Å². The van der Waals surface area contributed by atoms with E-state index in [1.165, 1.54) is 22.7 Å². The van der Waals surface area contributed by atoms with E-state index in [2.05, 4.69) is 20.0 Å². The number of hydrogen-bond acceptors (Lipinski definition) is 6. The molecular formula is C16H13ClF3N5O2. The van der Waals surface area contributed by atoms with Gasteiger partial charge in [0.1, 0.15) is 11.4 Å². The number of benzene rings is 1. The molecule has 0 fully saturated rings. The van der Waals surface area contributed by atoms with Gasteiger partial charge in [0.15, 0.2) is 16.7 Å². The lowest BCUT2D eigenvalue weighted by atomic mass is 10.2. The molecule has 0 saturated heterocycles. The van der Waals surface area contributed by atoms with Gasteiger partial charge in [0.05, 0.1) is 6.61 Å². The first kappa shape index (κ1) is 17.7. The predicted molar refractivity (Wildman–Crippen MR) is 91.3 cm³/mol. The van der Waals surface area contributed by atoms with Gasteiger partial charge in [-0.05, 0) is 18.6 Å². The maximum Gasteiger partial charge on any atom is 0.573 e. The van der Waals surface area contributed by atoms with Crippen LogP contribution in [-0.4, -0.2) is 46.4 Å². The van der Waals surface area contributed by atoms with Crippen molar-refractivity contribution in [2.75, 3.05) is 25.1 Å². The van der Waals surface area contributed by atoms with Gasteiger partial charge in [-0.1, -0.05) is 23.7 Å². The predicted octanol–water partition coefficient (Wildman–Crippen LogP) is 3.56. The molecule has 0 aliphatic carbocycles. The second-order valence-electron chi connectivity index (χ2n) is 5.93. The lowest BCUT2D eigenvalue weighted by molar-refractivity contribution is -0.274. The highest BCUT2D eigenvalue weighted by atomic mass is 35.5. The van der Waals surface area contributed by atoms with Crippen molar-refractivity contribution in [1.29, 1.82) is 0 Å². The molecule has 1 aliphatic rings. The Morgan fingerprint density at radius 1 is 1.26 bits per heavy atom. The number of alkyl halides is 3. The summed E-state index contributed by atoms with van der Waals surface area (Å²) in [6.45, 7) is 1.22. The molecule has 0 atom stereocenters. The molecule has 0 unspecified atom stereocenters. The van der Waals surface area contributed by atoms with Crippen LogP contribution in [0.4, 0.5) is 18.9 Å². The average Bonchev–Trinajstić information content (AvgIpc) is 2.90. The molecule has 27 heavy (non-hydrogen) atoms. The molecule has 0 saturated carbocycles. The highest BCUT2D eigenvalue weighted by Gasteiger charge is 2.31. The highest BCUT2D eigenvalue weighted by molar-refractivity contribution is 6.31. The Labute approximate surface area is 156 Å². The van der Waals surface area contributed by atoms with E-state index >= 15 is 0 Å². The first-order valence-corrected chi connectivity index (χ1v) is 8.36. The zero-order chi connectivity index (χ0) is 19.2. The minimum Gasteiger partial charge on any atom is -0.488 e. The molecule has 2 aromatic heterocycles. The quantitative estimate of drug-likeness (QED) is 0.656. The molecule has 0 radical (unpaired) electrons. The lowest BCUT2D eigenvalue weighted by Gasteiger charge is -2.18. The smallest absolute Gasteiger partial charge is 0.488 e. The van der Waals surface area contributed by atoms with E-state index < -0.39 is 6.36 Å². The summed E-state index contributed by atoms with van der Waals surface area (Å²) >= 11 is 6.28. The van der Waals surface area contributed by atoms with Gasteiger partial charge in [0.2, 0.25) is 5.65 Å².